The number of esters is 1. The fourth-order valence-corrected chi connectivity index (χ4v) is 3.78. The molecule has 0 aliphatic rings. The largest absolute Gasteiger partial charge is 0.462 e. The summed E-state index contributed by atoms with van der Waals surface area (Å²) in [6.07, 6.45) is 1.73. The van der Waals surface area contributed by atoms with Gasteiger partial charge in [-0.1, -0.05) is 30.3 Å². The van der Waals surface area contributed by atoms with Gasteiger partial charge in [0.2, 0.25) is 0 Å². The molecular formula is C19H20N4O2S2. The van der Waals surface area contributed by atoms with Gasteiger partial charge >= 0.3 is 5.97 Å². The van der Waals surface area contributed by atoms with Crippen LogP contribution in [0.4, 0.5) is 5.00 Å². The summed E-state index contributed by atoms with van der Waals surface area (Å²) in [7, 11) is 1.87. The molecule has 3 aromatic rings. The zero-order valence-electron chi connectivity index (χ0n) is 15.1. The van der Waals surface area contributed by atoms with Crippen molar-refractivity contribution in [3.05, 3.63) is 59.9 Å². The molecule has 1 aromatic carbocycles. The van der Waals surface area contributed by atoms with E-state index in [-0.39, 0.29) is 5.97 Å². The molecule has 0 bridgehead atoms. The standard InChI is InChI=1S/C19H20N4O2S2/c1-3-25-18(24)15-11-16(13-7-5-4-6-8-13)27-17(15)22-19(26)20-12-14-9-10-21-23(14)2/h4-11H,3,12H2,1-2H3,(H2,20,22,26). The quantitative estimate of drug-likeness (QED) is 0.484. The van der Waals surface area contributed by atoms with E-state index in [0.29, 0.717) is 28.8 Å². The SMILES string of the molecule is CCOC(=O)c1cc(-c2ccccc2)sc1NC(=S)NCc1ccnn1C. The fraction of sp³-hybridized carbons (Fsp3) is 0.211. The first-order chi connectivity index (χ1) is 13.1. The highest BCUT2D eigenvalue weighted by atomic mass is 32.1. The number of aromatic nitrogens is 2. The van der Waals surface area contributed by atoms with Crippen LogP contribution in [0.5, 0.6) is 0 Å². The Kier molecular flexibility index (Phi) is 6.20. The second kappa shape index (κ2) is 8.79. The van der Waals surface area contributed by atoms with Crippen LogP contribution in [0.2, 0.25) is 0 Å². The number of aryl methyl sites for hydroxylation is 1. The van der Waals surface area contributed by atoms with E-state index in [1.54, 1.807) is 17.8 Å². The summed E-state index contributed by atoms with van der Waals surface area (Å²) < 4.78 is 6.96. The molecule has 0 saturated carbocycles. The molecule has 0 spiro atoms. The van der Waals surface area contributed by atoms with Gasteiger partial charge in [-0.05, 0) is 36.8 Å². The van der Waals surface area contributed by atoms with Gasteiger partial charge in [0.25, 0.3) is 0 Å². The molecule has 0 fully saturated rings. The van der Waals surface area contributed by atoms with Crippen LogP contribution >= 0.6 is 23.6 Å². The van der Waals surface area contributed by atoms with E-state index in [1.165, 1.54) is 11.3 Å². The van der Waals surface area contributed by atoms with E-state index < -0.39 is 0 Å². The number of nitrogens with one attached hydrogen (secondary N) is 2. The first kappa shape index (κ1) is 19.1. The Bertz CT molecular complexity index is 934. The van der Waals surface area contributed by atoms with Crippen LogP contribution in [-0.4, -0.2) is 27.5 Å². The van der Waals surface area contributed by atoms with Gasteiger partial charge in [0.15, 0.2) is 5.11 Å². The summed E-state index contributed by atoms with van der Waals surface area (Å²) in [6, 6.07) is 13.6. The van der Waals surface area contributed by atoms with Gasteiger partial charge in [0.05, 0.1) is 24.4 Å². The van der Waals surface area contributed by atoms with Gasteiger partial charge in [0.1, 0.15) is 5.00 Å². The molecule has 2 N–H and O–H groups in total. The fourth-order valence-electron chi connectivity index (χ4n) is 2.48. The van der Waals surface area contributed by atoms with Crippen molar-refractivity contribution >= 4 is 39.6 Å². The molecule has 0 aliphatic heterocycles. The highest BCUT2D eigenvalue weighted by molar-refractivity contribution is 7.80. The van der Waals surface area contributed by atoms with Gasteiger partial charge in [-0.15, -0.1) is 11.3 Å². The Hall–Kier alpha value is -2.71. The Morgan fingerprint density at radius 3 is 2.74 bits per heavy atom. The third-order valence-corrected chi connectivity index (χ3v) is 5.21. The van der Waals surface area contributed by atoms with Gasteiger partial charge in [-0.3, -0.25) is 4.68 Å². The summed E-state index contributed by atoms with van der Waals surface area (Å²) >= 11 is 6.86. The van der Waals surface area contributed by atoms with E-state index in [2.05, 4.69) is 15.7 Å². The summed E-state index contributed by atoms with van der Waals surface area (Å²) in [5.41, 5.74) is 2.51. The van der Waals surface area contributed by atoms with E-state index in [9.17, 15) is 4.79 Å². The summed E-state index contributed by atoms with van der Waals surface area (Å²) in [4.78, 5) is 13.3. The lowest BCUT2D eigenvalue weighted by atomic mass is 10.1. The topological polar surface area (TPSA) is 68.2 Å². The van der Waals surface area contributed by atoms with E-state index >= 15 is 0 Å². The lowest BCUT2D eigenvalue weighted by Crippen LogP contribution is -2.29. The number of thiocarbonyl (C=S) groups is 1. The van der Waals surface area contributed by atoms with Crippen molar-refractivity contribution in [2.75, 3.05) is 11.9 Å². The van der Waals surface area contributed by atoms with Crippen molar-refractivity contribution in [2.24, 2.45) is 7.05 Å². The molecule has 140 valence electrons. The molecule has 8 heteroatoms. The first-order valence-electron chi connectivity index (χ1n) is 8.46. The minimum absolute atomic E-state index is 0.317. The van der Waals surface area contributed by atoms with Crippen LogP contribution in [0.3, 0.4) is 0 Å². The average molecular weight is 401 g/mol. The van der Waals surface area contributed by atoms with Gasteiger partial charge < -0.3 is 15.4 Å². The Morgan fingerprint density at radius 1 is 1.30 bits per heavy atom. The minimum atomic E-state index is -0.368. The molecular weight excluding hydrogens is 380 g/mol. The maximum Gasteiger partial charge on any atom is 0.341 e. The second-order valence-electron chi connectivity index (χ2n) is 5.69. The van der Waals surface area contributed by atoms with Crippen molar-refractivity contribution < 1.29 is 9.53 Å². The molecule has 0 radical (unpaired) electrons. The van der Waals surface area contributed by atoms with Crippen LogP contribution in [-0.2, 0) is 18.3 Å². The number of carbonyl (C=O) groups is 1. The molecule has 0 atom stereocenters. The zero-order chi connectivity index (χ0) is 19.2. The number of benzene rings is 1. The number of thiophene rings is 1. The smallest absolute Gasteiger partial charge is 0.341 e. The van der Waals surface area contributed by atoms with Crippen LogP contribution in [0.1, 0.15) is 23.0 Å². The van der Waals surface area contributed by atoms with Crippen molar-refractivity contribution in [1.82, 2.24) is 15.1 Å². The maximum absolute atomic E-state index is 12.4. The number of anilines is 1. The van der Waals surface area contributed by atoms with Crippen LogP contribution < -0.4 is 10.6 Å². The number of rotatable bonds is 6. The third-order valence-electron chi connectivity index (χ3n) is 3.87. The summed E-state index contributed by atoms with van der Waals surface area (Å²) in [5.74, 6) is -0.368. The molecule has 2 heterocycles. The zero-order valence-corrected chi connectivity index (χ0v) is 16.7. The van der Waals surface area contributed by atoms with Crippen molar-refractivity contribution in [1.29, 1.82) is 0 Å². The third kappa shape index (κ3) is 4.72. The second-order valence-corrected chi connectivity index (χ2v) is 7.15. The maximum atomic E-state index is 12.4. The van der Waals surface area contributed by atoms with Gasteiger partial charge in [-0.25, -0.2) is 4.79 Å². The monoisotopic (exact) mass is 400 g/mol. The first-order valence-corrected chi connectivity index (χ1v) is 9.69. The molecule has 0 aliphatic carbocycles. The normalized spacial score (nSPS) is 10.4. The molecule has 0 saturated heterocycles. The van der Waals surface area contributed by atoms with Crippen molar-refractivity contribution in [2.45, 2.75) is 13.5 Å². The molecule has 0 amide bonds. The van der Waals surface area contributed by atoms with E-state index in [1.807, 2.05) is 49.5 Å². The minimum Gasteiger partial charge on any atom is -0.462 e. The Labute approximate surface area is 167 Å². The molecule has 3 rings (SSSR count). The summed E-state index contributed by atoms with van der Waals surface area (Å²) in [6.45, 7) is 2.64. The lowest BCUT2D eigenvalue weighted by Gasteiger charge is -2.10. The number of ether oxygens (including phenoxy) is 1. The van der Waals surface area contributed by atoms with Crippen molar-refractivity contribution in [3.8, 4) is 10.4 Å². The Balaban J connectivity index is 1.78. The van der Waals surface area contributed by atoms with Gasteiger partial charge in [-0.2, -0.15) is 5.10 Å². The van der Waals surface area contributed by atoms with Crippen LogP contribution in [0.25, 0.3) is 10.4 Å². The number of carbonyl (C=O) groups excluding carboxylic acids is 1. The summed E-state index contributed by atoms with van der Waals surface area (Å²) in [5, 5.41) is 11.5. The molecule has 6 nitrogen and oxygen atoms in total. The van der Waals surface area contributed by atoms with Crippen LogP contribution in [0.15, 0.2) is 48.7 Å². The highest BCUT2D eigenvalue weighted by Gasteiger charge is 2.19. The van der Waals surface area contributed by atoms with Crippen molar-refractivity contribution in [3.63, 3.8) is 0 Å². The number of nitrogens with zero attached hydrogens (tertiary/aromatic N) is 2. The molecule has 0 unspecified atom stereocenters. The predicted molar refractivity (Wildman–Crippen MR) is 112 cm³/mol. The predicted octanol–water partition coefficient (Wildman–Crippen LogP) is 3.81. The Morgan fingerprint density at radius 2 is 2.07 bits per heavy atom. The van der Waals surface area contributed by atoms with E-state index in [4.69, 9.17) is 17.0 Å². The van der Waals surface area contributed by atoms with E-state index in [0.717, 1.165) is 16.1 Å². The lowest BCUT2D eigenvalue weighted by molar-refractivity contribution is 0.0528. The highest BCUT2D eigenvalue weighted by Crippen LogP contribution is 2.35. The van der Waals surface area contributed by atoms with Gasteiger partial charge in [0, 0.05) is 18.1 Å². The van der Waals surface area contributed by atoms with Crippen LogP contribution in [0, 0.1) is 0 Å². The number of hydrogen-bond acceptors (Lipinski definition) is 5. The molecule has 2 aromatic heterocycles. The molecule has 27 heavy (non-hydrogen) atoms. The average Bonchev–Trinajstić information content (AvgIpc) is 3.27. The number of hydrogen-bond donors (Lipinski definition) is 2.